The Morgan fingerprint density at radius 1 is 1.00 bits per heavy atom. The number of carbonyl (C=O) groups excluding carboxylic acids is 1. The van der Waals surface area contributed by atoms with Gasteiger partial charge in [-0.3, -0.25) is 9.59 Å². The van der Waals surface area contributed by atoms with Crippen molar-refractivity contribution in [2.24, 2.45) is 56.7 Å². The van der Waals surface area contributed by atoms with Crippen LogP contribution < -0.4 is 0 Å². The molecule has 8 unspecified atom stereocenters. The van der Waals surface area contributed by atoms with E-state index in [1.807, 2.05) is 0 Å². The lowest BCUT2D eigenvalue weighted by atomic mass is 9.35. The monoisotopic (exact) mass is 454 g/mol. The number of hydrogen-bond donors (Lipinski definition) is 1. The van der Waals surface area contributed by atoms with E-state index in [9.17, 15) is 14.7 Å². The maximum atomic E-state index is 12.9. The Labute approximate surface area is 201 Å². The molecule has 0 spiro atoms. The third-order valence-corrected chi connectivity index (χ3v) is 12.9. The first-order chi connectivity index (χ1) is 15.3. The van der Waals surface area contributed by atoms with Crippen LogP contribution in [0.15, 0.2) is 11.6 Å². The molecule has 4 fully saturated rings. The zero-order valence-electron chi connectivity index (χ0n) is 22.1. The highest BCUT2D eigenvalue weighted by molar-refractivity contribution is 5.85. The number of aliphatic carboxylic acids is 1. The molecule has 0 aliphatic heterocycles. The minimum atomic E-state index is -0.527. The van der Waals surface area contributed by atoms with Gasteiger partial charge in [0.15, 0.2) is 0 Å². The lowest BCUT2D eigenvalue weighted by Gasteiger charge is -2.69. The van der Waals surface area contributed by atoms with E-state index in [0.717, 1.165) is 51.4 Å². The van der Waals surface area contributed by atoms with E-state index in [1.165, 1.54) is 0 Å². The van der Waals surface area contributed by atoms with Crippen molar-refractivity contribution in [1.82, 2.24) is 0 Å². The lowest BCUT2D eigenvalue weighted by Crippen LogP contribution is -2.63. The summed E-state index contributed by atoms with van der Waals surface area (Å²) in [7, 11) is 0. The molecule has 33 heavy (non-hydrogen) atoms. The number of fused-ring (bicyclic) bond motifs is 7. The SMILES string of the molecule is CC(C)C1CCC2(C(=O)O)CCC3(C)C(CC=C4C5(C)CCC(=O)C(C)(C)C5CCC43C)C12. The minimum Gasteiger partial charge on any atom is -0.481 e. The summed E-state index contributed by atoms with van der Waals surface area (Å²) in [6.45, 7) is 16.6. The Hall–Kier alpha value is -1.12. The molecule has 0 radical (unpaired) electrons. The molecule has 4 saturated carbocycles. The predicted molar refractivity (Wildman–Crippen MR) is 132 cm³/mol. The summed E-state index contributed by atoms with van der Waals surface area (Å²) >= 11 is 0. The van der Waals surface area contributed by atoms with Gasteiger partial charge in [-0.1, -0.05) is 60.1 Å². The molecular weight excluding hydrogens is 408 g/mol. The summed E-state index contributed by atoms with van der Waals surface area (Å²) in [6, 6.07) is 0. The van der Waals surface area contributed by atoms with Gasteiger partial charge in [0.25, 0.3) is 0 Å². The van der Waals surface area contributed by atoms with Crippen molar-refractivity contribution in [2.75, 3.05) is 0 Å². The van der Waals surface area contributed by atoms with Crippen LogP contribution in [0.4, 0.5) is 0 Å². The van der Waals surface area contributed by atoms with Gasteiger partial charge in [-0.15, -0.1) is 0 Å². The van der Waals surface area contributed by atoms with Gasteiger partial charge < -0.3 is 5.11 Å². The normalized spacial score (nSPS) is 50.7. The van der Waals surface area contributed by atoms with Gasteiger partial charge in [-0.2, -0.15) is 0 Å². The number of ketones is 1. The first-order valence-corrected chi connectivity index (χ1v) is 13.7. The molecular formula is C30H46O3. The molecule has 1 N–H and O–H groups in total. The maximum Gasteiger partial charge on any atom is 0.309 e. The third-order valence-electron chi connectivity index (χ3n) is 12.9. The van der Waals surface area contributed by atoms with Crippen molar-refractivity contribution in [2.45, 2.75) is 106 Å². The van der Waals surface area contributed by atoms with Gasteiger partial charge in [-0.05, 0) is 97.2 Å². The summed E-state index contributed by atoms with van der Waals surface area (Å²) in [5, 5.41) is 10.5. The molecule has 5 aliphatic carbocycles. The molecule has 3 heteroatoms. The van der Waals surface area contributed by atoms with Gasteiger partial charge >= 0.3 is 5.97 Å². The van der Waals surface area contributed by atoms with Crippen LogP contribution in [-0.2, 0) is 9.59 Å². The van der Waals surface area contributed by atoms with Crippen LogP contribution in [0.3, 0.4) is 0 Å². The Morgan fingerprint density at radius 2 is 1.70 bits per heavy atom. The third kappa shape index (κ3) is 2.69. The standard InChI is InChI=1S/C30H46O3/c1-18(2)19-10-15-30(25(32)33)17-16-28(6)20(24(19)30)8-9-22-27(5)13-12-23(31)26(3,4)21(27)11-14-29(22,28)7/h9,18-21,24H,8,10-17H2,1-7H3,(H,32,33). The molecule has 8 atom stereocenters. The average Bonchev–Trinajstić information content (AvgIpc) is 3.13. The van der Waals surface area contributed by atoms with Crippen molar-refractivity contribution in [3.63, 3.8) is 0 Å². The second-order valence-corrected chi connectivity index (χ2v) is 14.3. The van der Waals surface area contributed by atoms with Gasteiger partial charge in [0, 0.05) is 11.8 Å². The molecule has 0 aromatic heterocycles. The summed E-state index contributed by atoms with van der Waals surface area (Å²) < 4.78 is 0. The van der Waals surface area contributed by atoms with E-state index >= 15 is 0 Å². The number of carboxylic acids is 1. The van der Waals surface area contributed by atoms with E-state index in [2.05, 4.69) is 54.5 Å². The van der Waals surface area contributed by atoms with Gasteiger partial charge in [-0.25, -0.2) is 0 Å². The fraction of sp³-hybridized carbons (Fsp3) is 0.867. The van der Waals surface area contributed by atoms with Crippen LogP contribution in [0.1, 0.15) is 106 Å². The topological polar surface area (TPSA) is 54.4 Å². The van der Waals surface area contributed by atoms with Crippen LogP contribution in [0.5, 0.6) is 0 Å². The fourth-order valence-electron chi connectivity index (χ4n) is 10.8. The van der Waals surface area contributed by atoms with Crippen LogP contribution >= 0.6 is 0 Å². The quantitative estimate of drug-likeness (QED) is 0.445. The molecule has 0 bridgehead atoms. The second-order valence-electron chi connectivity index (χ2n) is 14.3. The van der Waals surface area contributed by atoms with Gasteiger partial charge in [0.2, 0.25) is 0 Å². The lowest BCUT2D eigenvalue weighted by molar-refractivity contribution is -0.177. The van der Waals surface area contributed by atoms with E-state index in [0.29, 0.717) is 41.8 Å². The molecule has 0 aromatic rings. The summed E-state index contributed by atoms with van der Waals surface area (Å²) in [4.78, 5) is 25.7. The number of rotatable bonds is 2. The molecule has 0 amide bonds. The van der Waals surface area contributed by atoms with E-state index < -0.39 is 11.4 Å². The van der Waals surface area contributed by atoms with Gasteiger partial charge in [0.1, 0.15) is 5.78 Å². The molecule has 3 nitrogen and oxygen atoms in total. The smallest absolute Gasteiger partial charge is 0.309 e. The van der Waals surface area contributed by atoms with E-state index in [1.54, 1.807) is 5.57 Å². The number of Topliss-reactive ketones (excluding diaryl/α,β-unsaturated/α-hetero) is 1. The van der Waals surface area contributed by atoms with Crippen molar-refractivity contribution >= 4 is 11.8 Å². The maximum absolute atomic E-state index is 12.9. The summed E-state index contributed by atoms with van der Waals surface area (Å²) in [5.41, 5.74) is 1.21. The zero-order chi connectivity index (χ0) is 24.2. The summed E-state index contributed by atoms with van der Waals surface area (Å²) in [5.74, 6) is 2.13. The van der Waals surface area contributed by atoms with E-state index in [-0.39, 0.29) is 21.7 Å². The zero-order valence-corrected chi connectivity index (χ0v) is 22.1. The highest BCUT2D eigenvalue weighted by Crippen LogP contribution is 2.76. The van der Waals surface area contributed by atoms with Crippen LogP contribution in [0.2, 0.25) is 0 Å². The van der Waals surface area contributed by atoms with Crippen LogP contribution in [-0.4, -0.2) is 16.9 Å². The molecule has 184 valence electrons. The number of carboxylic acid groups (broad SMARTS) is 1. The highest BCUT2D eigenvalue weighted by Gasteiger charge is 2.70. The van der Waals surface area contributed by atoms with Crippen molar-refractivity contribution in [1.29, 1.82) is 0 Å². The van der Waals surface area contributed by atoms with E-state index in [4.69, 9.17) is 0 Å². The molecule has 5 aliphatic rings. The van der Waals surface area contributed by atoms with Gasteiger partial charge in [0.05, 0.1) is 5.41 Å². The number of hydrogen-bond acceptors (Lipinski definition) is 2. The number of allylic oxidation sites excluding steroid dienone is 2. The Morgan fingerprint density at radius 3 is 2.33 bits per heavy atom. The predicted octanol–water partition coefficient (Wildman–Crippen LogP) is 7.30. The largest absolute Gasteiger partial charge is 0.481 e. The van der Waals surface area contributed by atoms with Crippen molar-refractivity contribution in [3.8, 4) is 0 Å². The highest BCUT2D eigenvalue weighted by atomic mass is 16.4. The molecule has 0 saturated heterocycles. The van der Waals surface area contributed by atoms with Crippen LogP contribution in [0, 0.1) is 56.7 Å². The Balaban J connectivity index is 1.62. The first kappa shape index (κ1) is 23.6. The van der Waals surface area contributed by atoms with Crippen molar-refractivity contribution in [3.05, 3.63) is 11.6 Å². The average molecular weight is 455 g/mol. The minimum absolute atomic E-state index is 0.0901. The van der Waals surface area contributed by atoms with Crippen molar-refractivity contribution < 1.29 is 14.7 Å². The first-order valence-electron chi connectivity index (χ1n) is 13.7. The Bertz CT molecular complexity index is 914. The molecule has 5 rings (SSSR count). The van der Waals surface area contributed by atoms with Crippen LogP contribution in [0.25, 0.3) is 0 Å². The Kier molecular flexibility index (Phi) is 4.99. The second kappa shape index (κ2) is 6.97. The molecule has 0 heterocycles. The fourth-order valence-corrected chi connectivity index (χ4v) is 10.8. The number of carbonyl (C=O) groups is 2. The summed E-state index contributed by atoms with van der Waals surface area (Å²) in [6.07, 6.45) is 11.4. The molecule has 0 aromatic carbocycles.